The zero-order valence-corrected chi connectivity index (χ0v) is 12.3. The van der Waals surface area contributed by atoms with Crippen molar-refractivity contribution in [3.05, 3.63) is 30.1 Å². The van der Waals surface area contributed by atoms with Gasteiger partial charge in [-0.25, -0.2) is 4.98 Å². The summed E-state index contributed by atoms with van der Waals surface area (Å²) in [5.74, 6) is 0.921. The van der Waals surface area contributed by atoms with Crippen molar-refractivity contribution in [2.24, 2.45) is 0 Å². The van der Waals surface area contributed by atoms with E-state index in [0.717, 1.165) is 42.8 Å². The van der Waals surface area contributed by atoms with Gasteiger partial charge in [0, 0.05) is 13.1 Å². The lowest BCUT2D eigenvalue weighted by atomic mass is 10.3. The van der Waals surface area contributed by atoms with Crippen molar-refractivity contribution in [1.82, 2.24) is 14.5 Å². The average molecular weight is 292 g/mol. The molecule has 0 N–H and O–H groups in total. The van der Waals surface area contributed by atoms with Crippen LogP contribution in [0.15, 0.2) is 24.3 Å². The van der Waals surface area contributed by atoms with E-state index in [1.807, 2.05) is 40.7 Å². The number of halogens is 1. The number of fused-ring (bicyclic) bond motifs is 1. The van der Waals surface area contributed by atoms with E-state index in [-0.39, 0.29) is 11.3 Å². The largest absolute Gasteiger partial charge is 0.341 e. The first kappa shape index (κ1) is 13.4. The van der Waals surface area contributed by atoms with Crippen LogP contribution < -0.4 is 0 Å². The lowest BCUT2D eigenvalue weighted by Gasteiger charge is -2.17. The molecule has 1 unspecified atom stereocenters. The second-order valence-electron chi connectivity index (χ2n) is 5.25. The van der Waals surface area contributed by atoms with E-state index in [1.165, 1.54) is 0 Å². The van der Waals surface area contributed by atoms with Crippen molar-refractivity contribution in [2.75, 3.05) is 13.1 Å². The van der Waals surface area contributed by atoms with E-state index < -0.39 is 0 Å². The van der Waals surface area contributed by atoms with Crippen LogP contribution in [-0.4, -0.2) is 33.4 Å². The van der Waals surface area contributed by atoms with E-state index in [1.54, 1.807) is 0 Å². The molecule has 0 spiro atoms. The summed E-state index contributed by atoms with van der Waals surface area (Å²) in [6.07, 6.45) is 2.21. The number of likely N-dealkylation sites (tertiary alicyclic amines) is 1. The van der Waals surface area contributed by atoms with Crippen LogP contribution in [0.4, 0.5) is 0 Å². The van der Waals surface area contributed by atoms with Crippen molar-refractivity contribution in [3.63, 3.8) is 0 Å². The van der Waals surface area contributed by atoms with Gasteiger partial charge in [0.25, 0.3) is 0 Å². The van der Waals surface area contributed by atoms with E-state index in [0.29, 0.717) is 6.54 Å². The Labute approximate surface area is 123 Å². The minimum absolute atomic E-state index is 0.157. The Balaban J connectivity index is 1.96. The number of para-hydroxylation sites is 2. The number of carbonyl (C=O) groups excluding carboxylic acids is 1. The van der Waals surface area contributed by atoms with Gasteiger partial charge in [-0.15, -0.1) is 11.6 Å². The van der Waals surface area contributed by atoms with Gasteiger partial charge < -0.3 is 9.47 Å². The van der Waals surface area contributed by atoms with Crippen LogP contribution in [0.25, 0.3) is 11.0 Å². The second-order valence-corrected chi connectivity index (χ2v) is 5.90. The Kier molecular flexibility index (Phi) is 3.66. The number of benzene rings is 1. The van der Waals surface area contributed by atoms with Crippen LogP contribution in [0.5, 0.6) is 0 Å². The number of imidazole rings is 1. The van der Waals surface area contributed by atoms with Gasteiger partial charge in [0.2, 0.25) is 5.91 Å². The van der Waals surface area contributed by atoms with E-state index in [9.17, 15) is 4.79 Å². The highest BCUT2D eigenvalue weighted by Gasteiger charge is 2.21. The maximum Gasteiger partial charge on any atom is 0.242 e. The molecular weight excluding hydrogens is 274 g/mol. The van der Waals surface area contributed by atoms with Crippen LogP contribution in [0.2, 0.25) is 0 Å². The number of aromatic nitrogens is 2. The molecule has 1 fully saturated rings. The van der Waals surface area contributed by atoms with Gasteiger partial charge in [0.05, 0.1) is 16.4 Å². The Bertz CT molecular complexity index is 629. The fraction of sp³-hybridized carbons (Fsp3) is 0.467. The number of carbonyl (C=O) groups is 1. The molecule has 3 rings (SSSR count). The maximum absolute atomic E-state index is 12.4. The summed E-state index contributed by atoms with van der Waals surface area (Å²) < 4.78 is 1.95. The molecule has 1 aromatic carbocycles. The fourth-order valence-electron chi connectivity index (χ4n) is 2.77. The highest BCUT2D eigenvalue weighted by atomic mass is 35.5. The zero-order valence-electron chi connectivity index (χ0n) is 11.6. The third-order valence-corrected chi connectivity index (χ3v) is 3.99. The van der Waals surface area contributed by atoms with Gasteiger partial charge in [-0.1, -0.05) is 12.1 Å². The van der Waals surface area contributed by atoms with Gasteiger partial charge in [-0.2, -0.15) is 0 Å². The highest BCUT2D eigenvalue weighted by molar-refractivity contribution is 6.20. The highest BCUT2D eigenvalue weighted by Crippen LogP contribution is 2.24. The smallest absolute Gasteiger partial charge is 0.242 e. The summed E-state index contributed by atoms with van der Waals surface area (Å²) >= 11 is 6.21. The number of amides is 1. The Morgan fingerprint density at radius 2 is 2.05 bits per heavy atom. The molecule has 1 aliphatic rings. The Hall–Kier alpha value is -1.55. The minimum atomic E-state index is -0.214. The second kappa shape index (κ2) is 5.44. The van der Waals surface area contributed by atoms with Gasteiger partial charge in [-0.05, 0) is 31.9 Å². The predicted molar refractivity (Wildman–Crippen MR) is 79.8 cm³/mol. The maximum atomic E-state index is 12.4. The first-order valence-electron chi connectivity index (χ1n) is 7.04. The average Bonchev–Trinajstić information content (AvgIpc) is 3.06. The molecule has 0 saturated carbocycles. The van der Waals surface area contributed by atoms with Crippen LogP contribution in [0.1, 0.15) is 31.0 Å². The number of rotatable bonds is 3. The molecule has 2 aromatic rings. The van der Waals surface area contributed by atoms with Gasteiger partial charge in [0.15, 0.2) is 0 Å². The third-order valence-electron chi connectivity index (χ3n) is 3.79. The SMILES string of the molecule is CC(Cl)c1nc2ccccc2n1CC(=O)N1CCCC1. The Morgan fingerprint density at radius 1 is 1.35 bits per heavy atom. The first-order valence-corrected chi connectivity index (χ1v) is 7.47. The summed E-state index contributed by atoms with van der Waals surface area (Å²) in [7, 11) is 0. The molecular formula is C15H18ClN3O. The van der Waals surface area contributed by atoms with Crippen LogP contribution in [0, 0.1) is 0 Å². The van der Waals surface area contributed by atoms with Crippen molar-refractivity contribution in [3.8, 4) is 0 Å². The summed E-state index contributed by atoms with van der Waals surface area (Å²) in [4.78, 5) is 18.8. The molecule has 0 bridgehead atoms. The lowest BCUT2D eigenvalue weighted by Crippen LogP contribution is -2.31. The molecule has 1 aliphatic heterocycles. The zero-order chi connectivity index (χ0) is 14.1. The Morgan fingerprint density at radius 3 is 2.75 bits per heavy atom. The number of hydrogen-bond acceptors (Lipinski definition) is 2. The van der Waals surface area contributed by atoms with Crippen LogP contribution in [0.3, 0.4) is 0 Å². The van der Waals surface area contributed by atoms with Crippen LogP contribution in [-0.2, 0) is 11.3 Å². The third kappa shape index (κ3) is 2.40. The number of nitrogens with zero attached hydrogens (tertiary/aromatic N) is 3. The fourth-order valence-corrected chi connectivity index (χ4v) is 2.93. The summed E-state index contributed by atoms with van der Waals surface area (Å²) in [6.45, 7) is 3.96. The molecule has 1 atom stereocenters. The summed E-state index contributed by atoms with van der Waals surface area (Å²) in [5.41, 5.74) is 1.87. The van der Waals surface area contributed by atoms with Crippen molar-refractivity contribution in [2.45, 2.75) is 31.7 Å². The molecule has 1 saturated heterocycles. The molecule has 0 radical (unpaired) electrons. The summed E-state index contributed by atoms with van der Waals surface area (Å²) in [6, 6.07) is 7.85. The van der Waals surface area contributed by atoms with Crippen LogP contribution >= 0.6 is 11.6 Å². The molecule has 2 heterocycles. The van der Waals surface area contributed by atoms with E-state index in [2.05, 4.69) is 4.98 Å². The van der Waals surface area contributed by atoms with Crippen molar-refractivity contribution < 1.29 is 4.79 Å². The quantitative estimate of drug-likeness (QED) is 0.816. The van der Waals surface area contributed by atoms with Crippen molar-refractivity contribution >= 4 is 28.5 Å². The summed E-state index contributed by atoms with van der Waals surface area (Å²) in [5, 5.41) is -0.214. The number of hydrogen-bond donors (Lipinski definition) is 0. The number of alkyl halides is 1. The van der Waals surface area contributed by atoms with Gasteiger partial charge >= 0.3 is 0 Å². The monoisotopic (exact) mass is 291 g/mol. The predicted octanol–water partition coefficient (Wildman–Crippen LogP) is 2.96. The van der Waals surface area contributed by atoms with Gasteiger partial charge in [0.1, 0.15) is 12.4 Å². The molecule has 1 aromatic heterocycles. The molecule has 20 heavy (non-hydrogen) atoms. The molecule has 4 nitrogen and oxygen atoms in total. The lowest BCUT2D eigenvalue weighted by molar-refractivity contribution is -0.130. The van der Waals surface area contributed by atoms with E-state index in [4.69, 9.17) is 11.6 Å². The molecule has 0 aliphatic carbocycles. The first-order chi connectivity index (χ1) is 9.66. The normalized spacial score (nSPS) is 16.8. The molecule has 5 heteroatoms. The van der Waals surface area contributed by atoms with E-state index >= 15 is 0 Å². The minimum Gasteiger partial charge on any atom is -0.341 e. The molecule has 1 amide bonds. The standard InChI is InChI=1S/C15H18ClN3O/c1-11(16)15-17-12-6-2-3-7-13(12)19(15)10-14(20)18-8-4-5-9-18/h2-3,6-7,11H,4-5,8-10H2,1H3. The van der Waals surface area contributed by atoms with Gasteiger partial charge in [-0.3, -0.25) is 4.79 Å². The molecule has 106 valence electrons. The topological polar surface area (TPSA) is 38.1 Å². The van der Waals surface area contributed by atoms with Crippen molar-refractivity contribution in [1.29, 1.82) is 0 Å².